The van der Waals surface area contributed by atoms with Crippen LogP contribution in [0.25, 0.3) is 0 Å². The van der Waals surface area contributed by atoms with Gasteiger partial charge >= 0.3 is 0 Å². The molecule has 1 aliphatic heterocycles. The molecule has 0 unspecified atom stereocenters. The van der Waals surface area contributed by atoms with Crippen LogP contribution in [0.5, 0.6) is 0 Å². The Balaban J connectivity index is 0.000000145. The van der Waals surface area contributed by atoms with Crippen molar-refractivity contribution in [2.45, 2.75) is 26.7 Å². The molecular weight excluding hydrogens is 116 g/mol. The summed E-state index contributed by atoms with van der Waals surface area (Å²) < 4.78 is 0. The first-order chi connectivity index (χ1) is 3.91. The third-order valence-electron chi connectivity index (χ3n) is 0.595. The summed E-state index contributed by atoms with van der Waals surface area (Å²) in [5.74, 6) is 1.31. The van der Waals surface area contributed by atoms with E-state index in [-0.39, 0.29) is 0 Å². The van der Waals surface area contributed by atoms with Gasteiger partial charge in [-0.05, 0) is 11.8 Å². The number of hydrogen-bond donors (Lipinski definition) is 0. The maximum atomic E-state index is 2.20. The van der Waals surface area contributed by atoms with Gasteiger partial charge in [0.1, 0.15) is 0 Å². The van der Waals surface area contributed by atoms with Gasteiger partial charge in [0, 0.05) is 5.75 Å². The second kappa shape index (κ2) is 7.09. The number of hydrogen-bond acceptors (Lipinski definition) is 1. The van der Waals surface area contributed by atoms with Gasteiger partial charge in [0.2, 0.25) is 0 Å². The minimum absolute atomic E-state index is 1.25. The van der Waals surface area contributed by atoms with E-state index in [0.29, 0.717) is 0 Å². The van der Waals surface area contributed by atoms with E-state index in [0.717, 1.165) is 0 Å². The molecule has 0 aromatic heterocycles. The second-order valence-electron chi connectivity index (χ2n) is 1.74. The summed E-state index contributed by atoms with van der Waals surface area (Å²) >= 11 is 1.89. The van der Waals surface area contributed by atoms with Crippen molar-refractivity contribution in [3.63, 3.8) is 0 Å². The summed E-state index contributed by atoms with van der Waals surface area (Å²) in [5, 5.41) is 2.15. The highest BCUT2D eigenvalue weighted by atomic mass is 32.2. The Kier molecular flexibility index (Phi) is 7.17. The van der Waals surface area contributed by atoms with Crippen molar-refractivity contribution in [3.05, 3.63) is 11.5 Å². The average molecular weight is 130 g/mol. The van der Waals surface area contributed by atoms with Crippen LogP contribution in [-0.2, 0) is 0 Å². The number of allylic oxidation sites excluding steroid dienone is 1. The van der Waals surface area contributed by atoms with Crippen LogP contribution in [0.4, 0.5) is 0 Å². The standard InChI is InChI=1S/C4H6S.C3H8/c1-2-4-5-3-1;1-3-2/h1,3H,2,4H2;3H2,1-2H3. The smallest absolute Gasteiger partial charge is 0.000884 e. The van der Waals surface area contributed by atoms with E-state index < -0.39 is 0 Å². The summed E-state index contributed by atoms with van der Waals surface area (Å²) in [7, 11) is 0. The van der Waals surface area contributed by atoms with Crippen LogP contribution in [0, 0.1) is 0 Å². The Bertz CT molecular complexity index is 51.4. The molecule has 0 amide bonds. The highest BCUT2D eigenvalue weighted by Crippen LogP contribution is 2.11. The van der Waals surface area contributed by atoms with Crippen LogP contribution in [-0.4, -0.2) is 5.75 Å². The van der Waals surface area contributed by atoms with E-state index in [2.05, 4.69) is 25.3 Å². The molecule has 0 fully saturated rings. The Labute approximate surface area is 56.4 Å². The molecule has 1 heteroatoms. The van der Waals surface area contributed by atoms with E-state index in [1.54, 1.807) is 0 Å². The van der Waals surface area contributed by atoms with Gasteiger partial charge in [-0.2, -0.15) is 0 Å². The van der Waals surface area contributed by atoms with E-state index in [4.69, 9.17) is 0 Å². The van der Waals surface area contributed by atoms with Gasteiger partial charge in [0.05, 0.1) is 0 Å². The van der Waals surface area contributed by atoms with Crippen LogP contribution in [0.2, 0.25) is 0 Å². The summed E-state index contributed by atoms with van der Waals surface area (Å²) in [4.78, 5) is 0. The summed E-state index contributed by atoms with van der Waals surface area (Å²) in [6.45, 7) is 4.25. The zero-order chi connectivity index (χ0) is 6.24. The molecule has 48 valence electrons. The molecule has 0 radical (unpaired) electrons. The Morgan fingerprint density at radius 2 is 2.12 bits per heavy atom. The van der Waals surface area contributed by atoms with Crippen molar-refractivity contribution in [1.82, 2.24) is 0 Å². The second-order valence-corrected chi connectivity index (χ2v) is 2.75. The lowest BCUT2D eigenvalue weighted by molar-refractivity contribution is 1.09. The molecule has 0 bridgehead atoms. The van der Waals surface area contributed by atoms with Crippen molar-refractivity contribution < 1.29 is 0 Å². The molecule has 1 rings (SSSR count). The molecule has 1 aliphatic rings. The first-order valence-corrected chi connectivity index (χ1v) is 4.23. The number of rotatable bonds is 0. The van der Waals surface area contributed by atoms with Crippen molar-refractivity contribution >= 4 is 11.8 Å². The first-order valence-electron chi connectivity index (χ1n) is 3.18. The van der Waals surface area contributed by atoms with Crippen LogP contribution >= 0.6 is 11.8 Å². The molecule has 0 atom stereocenters. The van der Waals surface area contributed by atoms with Crippen molar-refractivity contribution in [1.29, 1.82) is 0 Å². The Morgan fingerprint density at radius 3 is 2.25 bits per heavy atom. The molecule has 1 heterocycles. The Hall–Kier alpha value is 0.0900. The molecule has 0 aromatic carbocycles. The van der Waals surface area contributed by atoms with E-state index >= 15 is 0 Å². The normalized spacial score (nSPS) is 15.2. The molecule has 0 aromatic rings. The summed E-state index contributed by atoms with van der Waals surface area (Å²) in [6, 6.07) is 0. The fraction of sp³-hybridized carbons (Fsp3) is 0.714. The first kappa shape index (κ1) is 8.09. The van der Waals surface area contributed by atoms with Crippen molar-refractivity contribution in [2.75, 3.05) is 5.75 Å². The van der Waals surface area contributed by atoms with Crippen LogP contribution in [0.3, 0.4) is 0 Å². The third kappa shape index (κ3) is 6.09. The molecule has 0 saturated heterocycles. The average Bonchev–Trinajstić information content (AvgIpc) is 2.17. The fourth-order valence-electron chi connectivity index (χ4n) is 0.340. The Morgan fingerprint density at radius 1 is 1.50 bits per heavy atom. The molecule has 0 spiro atoms. The highest BCUT2D eigenvalue weighted by molar-refractivity contribution is 8.02. The van der Waals surface area contributed by atoms with Gasteiger partial charge < -0.3 is 0 Å². The minimum atomic E-state index is 1.25. The lowest BCUT2D eigenvalue weighted by atomic mass is 10.5. The number of thioether (sulfide) groups is 1. The van der Waals surface area contributed by atoms with E-state index in [1.165, 1.54) is 18.6 Å². The monoisotopic (exact) mass is 130 g/mol. The molecule has 8 heavy (non-hydrogen) atoms. The van der Waals surface area contributed by atoms with Gasteiger partial charge in [-0.15, -0.1) is 11.8 Å². The van der Waals surface area contributed by atoms with Gasteiger partial charge in [-0.25, -0.2) is 0 Å². The van der Waals surface area contributed by atoms with E-state index in [9.17, 15) is 0 Å². The largest absolute Gasteiger partial charge is 0.134 e. The maximum absolute atomic E-state index is 2.20. The van der Waals surface area contributed by atoms with Crippen molar-refractivity contribution in [3.8, 4) is 0 Å². The molecule has 0 N–H and O–H groups in total. The van der Waals surface area contributed by atoms with Gasteiger partial charge in [0.25, 0.3) is 0 Å². The fourth-order valence-corrected chi connectivity index (χ4v) is 1.02. The highest BCUT2D eigenvalue weighted by Gasteiger charge is 1.85. The predicted octanol–water partition coefficient (Wildman–Crippen LogP) is 3.05. The quantitative estimate of drug-likeness (QED) is 0.485. The molecular formula is C7H14S. The van der Waals surface area contributed by atoms with Gasteiger partial charge in [-0.3, -0.25) is 0 Å². The van der Waals surface area contributed by atoms with Crippen LogP contribution < -0.4 is 0 Å². The summed E-state index contributed by atoms with van der Waals surface area (Å²) in [5.41, 5.74) is 0. The topological polar surface area (TPSA) is 0 Å². The maximum Gasteiger partial charge on any atom is 0.000884 e. The van der Waals surface area contributed by atoms with Gasteiger partial charge in [0.15, 0.2) is 0 Å². The zero-order valence-electron chi connectivity index (χ0n) is 5.68. The lowest BCUT2D eigenvalue weighted by Crippen LogP contribution is -1.56. The third-order valence-corrected chi connectivity index (χ3v) is 1.45. The SMILES string of the molecule is C1=CSCC1.CCC. The minimum Gasteiger partial charge on any atom is -0.134 e. The zero-order valence-corrected chi connectivity index (χ0v) is 6.50. The van der Waals surface area contributed by atoms with Crippen LogP contribution in [0.15, 0.2) is 11.5 Å². The van der Waals surface area contributed by atoms with Gasteiger partial charge in [-0.1, -0.05) is 26.3 Å². The predicted molar refractivity (Wildman–Crippen MR) is 42.2 cm³/mol. The molecule has 0 saturated carbocycles. The van der Waals surface area contributed by atoms with Crippen molar-refractivity contribution in [2.24, 2.45) is 0 Å². The van der Waals surface area contributed by atoms with Crippen LogP contribution in [0.1, 0.15) is 26.7 Å². The van der Waals surface area contributed by atoms with E-state index in [1.807, 2.05) is 11.8 Å². The lowest BCUT2D eigenvalue weighted by Gasteiger charge is -1.69. The summed E-state index contributed by atoms with van der Waals surface area (Å²) in [6.07, 6.45) is 4.73. The molecule has 0 aliphatic carbocycles. The molecule has 0 nitrogen and oxygen atoms in total.